The minimum Gasteiger partial charge on any atom is -0.408 e. The van der Waals surface area contributed by atoms with E-state index in [-0.39, 0.29) is 12.4 Å². The maximum atomic E-state index is 11.5. The molecule has 0 fully saturated rings. The molecule has 0 bridgehead atoms. The van der Waals surface area contributed by atoms with Crippen molar-refractivity contribution in [1.29, 1.82) is 0 Å². The fourth-order valence-electron chi connectivity index (χ4n) is 1.78. The van der Waals surface area contributed by atoms with Crippen molar-refractivity contribution in [2.24, 2.45) is 0 Å². The standard InChI is InChI=1S/C12H15NO3/c14-9-5-1-4-8-13-10-6-2-3-7-11(10)16-12(13)15/h2-3,6-7,14H,1,4-5,8-9H2. The smallest absolute Gasteiger partial charge is 0.408 e. The summed E-state index contributed by atoms with van der Waals surface area (Å²) in [5.74, 6) is -0.301. The van der Waals surface area contributed by atoms with Crippen LogP contribution in [0.25, 0.3) is 11.1 Å². The molecule has 2 rings (SSSR count). The molecule has 0 aliphatic heterocycles. The van der Waals surface area contributed by atoms with Gasteiger partial charge in [0.15, 0.2) is 5.58 Å². The van der Waals surface area contributed by atoms with Crippen LogP contribution in [0.4, 0.5) is 0 Å². The second-order valence-electron chi connectivity index (χ2n) is 3.77. The zero-order valence-electron chi connectivity index (χ0n) is 9.06. The molecule has 0 amide bonds. The number of aryl methyl sites for hydroxylation is 1. The van der Waals surface area contributed by atoms with Crippen molar-refractivity contribution in [3.8, 4) is 0 Å². The first-order chi connectivity index (χ1) is 7.83. The van der Waals surface area contributed by atoms with Crippen LogP contribution in [0.3, 0.4) is 0 Å². The number of hydrogen-bond acceptors (Lipinski definition) is 3. The number of aliphatic hydroxyl groups excluding tert-OH is 1. The van der Waals surface area contributed by atoms with Crippen molar-refractivity contribution in [2.45, 2.75) is 25.8 Å². The number of para-hydroxylation sites is 2. The number of fused-ring (bicyclic) bond motifs is 1. The van der Waals surface area contributed by atoms with Crippen LogP contribution < -0.4 is 5.76 Å². The summed E-state index contributed by atoms with van der Waals surface area (Å²) in [5, 5.41) is 8.66. The Bertz CT molecular complexity index is 512. The van der Waals surface area contributed by atoms with Gasteiger partial charge in [-0.05, 0) is 31.4 Å². The number of benzene rings is 1. The van der Waals surface area contributed by atoms with E-state index in [1.54, 1.807) is 10.6 Å². The highest BCUT2D eigenvalue weighted by molar-refractivity contribution is 5.72. The van der Waals surface area contributed by atoms with Crippen LogP contribution in [-0.2, 0) is 6.54 Å². The van der Waals surface area contributed by atoms with Crippen LogP contribution in [0.5, 0.6) is 0 Å². The van der Waals surface area contributed by atoms with Crippen molar-refractivity contribution >= 4 is 11.1 Å². The Morgan fingerprint density at radius 3 is 2.81 bits per heavy atom. The lowest BCUT2D eigenvalue weighted by Gasteiger charge is -2.00. The zero-order chi connectivity index (χ0) is 11.4. The third-order valence-electron chi connectivity index (χ3n) is 2.61. The summed E-state index contributed by atoms with van der Waals surface area (Å²) in [6, 6.07) is 7.41. The lowest BCUT2D eigenvalue weighted by atomic mass is 10.2. The van der Waals surface area contributed by atoms with Gasteiger partial charge >= 0.3 is 5.76 Å². The third-order valence-corrected chi connectivity index (χ3v) is 2.61. The molecule has 1 N–H and O–H groups in total. The van der Waals surface area contributed by atoms with Gasteiger partial charge in [0, 0.05) is 13.2 Å². The Balaban J connectivity index is 2.16. The number of unbranched alkanes of at least 4 members (excludes halogenated alkanes) is 2. The Morgan fingerprint density at radius 1 is 1.19 bits per heavy atom. The predicted molar refractivity (Wildman–Crippen MR) is 61.4 cm³/mol. The molecule has 0 unspecified atom stereocenters. The van der Waals surface area contributed by atoms with Crippen molar-refractivity contribution in [3.63, 3.8) is 0 Å². The molecule has 0 saturated heterocycles. The molecule has 0 aliphatic carbocycles. The highest BCUT2D eigenvalue weighted by Gasteiger charge is 2.07. The number of aromatic nitrogens is 1. The molecule has 0 aliphatic rings. The van der Waals surface area contributed by atoms with E-state index < -0.39 is 0 Å². The SMILES string of the molecule is O=c1oc2ccccc2n1CCCCCO. The summed E-state index contributed by atoms with van der Waals surface area (Å²) < 4.78 is 6.76. The van der Waals surface area contributed by atoms with Gasteiger partial charge in [-0.2, -0.15) is 0 Å². The molecular formula is C12H15NO3. The van der Waals surface area contributed by atoms with Gasteiger partial charge in [0.05, 0.1) is 5.52 Å². The lowest BCUT2D eigenvalue weighted by molar-refractivity contribution is 0.281. The van der Waals surface area contributed by atoms with Crippen molar-refractivity contribution in [1.82, 2.24) is 4.57 Å². The fraction of sp³-hybridized carbons (Fsp3) is 0.417. The average Bonchev–Trinajstić information content (AvgIpc) is 2.61. The second-order valence-corrected chi connectivity index (χ2v) is 3.77. The number of nitrogens with zero attached hydrogens (tertiary/aromatic N) is 1. The summed E-state index contributed by atoms with van der Waals surface area (Å²) in [4.78, 5) is 11.5. The van der Waals surface area contributed by atoms with E-state index >= 15 is 0 Å². The highest BCUT2D eigenvalue weighted by Crippen LogP contribution is 2.12. The minimum atomic E-state index is -0.301. The monoisotopic (exact) mass is 221 g/mol. The van der Waals surface area contributed by atoms with Crippen LogP contribution in [0.15, 0.2) is 33.5 Å². The Morgan fingerprint density at radius 2 is 2.00 bits per heavy atom. The van der Waals surface area contributed by atoms with Crippen LogP contribution >= 0.6 is 0 Å². The van der Waals surface area contributed by atoms with Crippen molar-refractivity contribution < 1.29 is 9.52 Å². The molecule has 4 heteroatoms. The number of aliphatic hydroxyl groups is 1. The first kappa shape index (κ1) is 11.0. The van der Waals surface area contributed by atoms with Gasteiger partial charge in [-0.15, -0.1) is 0 Å². The third kappa shape index (κ3) is 2.17. The molecule has 4 nitrogen and oxygen atoms in total. The maximum Gasteiger partial charge on any atom is 0.419 e. The Hall–Kier alpha value is -1.55. The molecule has 1 aromatic heterocycles. The predicted octanol–water partition coefficient (Wildman–Crippen LogP) is 1.76. The van der Waals surface area contributed by atoms with Crippen molar-refractivity contribution in [2.75, 3.05) is 6.61 Å². The zero-order valence-corrected chi connectivity index (χ0v) is 9.06. The first-order valence-corrected chi connectivity index (χ1v) is 5.52. The van der Waals surface area contributed by atoms with Gasteiger partial charge in [0.25, 0.3) is 0 Å². The van der Waals surface area contributed by atoms with E-state index in [0.29, 0.717) is 12.1 Å². The van der Waals surface area contributed by atoms with E-state index in [2.05, 4.69) is 0 Å². The van der Waals surface area contributed by atoms with Gasteiger partial charge in [-0.1, -0.05) is 12.1 Å². The first-order valence-electron chi connectivity index (χ1n) is 5.52. The van der Waals surface area contributed by atoms with Gasteiger partial charge in [0.2, 0.25) is 0 Å². The van der Waals surface area contributed by atoms with Gasteiger partial charge in [-0.25, -0.2) is 4.79 Å². The number of rotatable bonds is 5. The van der Waals surface area contributed by atoms with E-state index in [1.807, 2.05) is 18.2 Å². The van der Waals surface area contributed by atoms with Crippen LogP contribution in [0.2, 0.25) is 0 Å². The number of hydrogen-bond donors (Lipinski definition) is 1. The molecule has 86 valence electrons. The normalized spacial score (nSPS) is 11.1. The molecule has 0 atom stereocenters. The van der Waals surface area contributed by atoms with E-state index in [9.17, 15) is 4.79 Å². The van der Waals surface area contributed by atoms with Crippen LogP contribution in [0, 0.1) is 0 Å². The molecule has 0 radical (unpaired) electrons. The largest absolute Gasteiger partial charge is 0.419 e. The Labute approximate surface area is 93.1 Å². The molecular weight excluding hydrogens is 206 g/mol. The van der Waals surface area contributed by atoms with Crippen molar-refractivity contribution in [3.05, 3.63) is 34.8 Å². The topological polar surface area (TPSA) is 55.4 Å². The molecule has 0 saturated carbocycles. The van der Waals surface area contributed by atoms with Gasteiger partial charge < -0.3 is 9.52 Å². The van der Waals surface area contributed by atoms with Gasteiger partial charge in [-0.3, -0.25) is 4.57 Å². The average molecular weight is 221 g/mol. The summed E-state index contributed by atoms with van der Waals surface area (Å²) in [6.07, 6.45) is 2.58. The number of oxazole rings is 1. The summed E-state index contributed by atoms with van der Waals surface area (Å²) in [5.41, 5.74) is 1.48. The van der Waals surface area contributed by atoms with E-state index in [0.717, 1.165) is 24.8 Å². The second kappa shape index (κ2) is 4.99. The summed E-state index contributed by atoms with van der Waals surface area (Å²) in [6.45, 7) is 0.858. The van der Waals surface area contributed by atoms with Gasteiger partial charge in [0.1, 0.15) is 0 Å². The van der Waals surface area contributed by atoms with E-state index in [1.165, 1.54) is 0 Å². The Kier molecular flexibility index (Phi) is 3.41. The fourth-order valence-corrected chi connectivity index (χ4v) is 1.78. The molecule has 16 heavy (non-hydrogen) atoms. The summed E-state index contributed by atoms with van der Waals surface area (Å²) >= 11 is 0. The molecule has 0 spiro atoms. The minimum absolute atomic E-state index is 0.209. The van der Waals surface area contributed by atoms with Crippen LogP contribution in [0.1, 0.15) is 19.3 Å². The van der Waals surface area contributed by atoms with E-state index in [4.69, 9.17) is 9.52 Å². The maximum absolute atomic E-state index is 11.5. The molecule has 1 heterocycles. The van der Waals surface area contributed by atoms with Crippen LogP contribution in [-0.4, -0.2) is 16.3 Å². The molecule has 2 aromatic rings. The molecule has 1 aromatic carbocycles. The summed E-state index contributed by atoms with van der Waals surface area (Å²) in [7, 11) is 0. The lowest BCUT2D eigenvalue weighted by Crippen LogP contribution is -2.14. The quantitative estimate of drug-likeness (QED) is 0.783. The highest BCUT2D eigenvalue weighted by atomic mass is 16.4.